The van der Waals surface area contributed by atoms with Crippen molar-refractivity contribution < 1.29 is 4.42 Å². The smallest absolute Gasteiger partial charge is 0.174 e. The average Bonchev–Trinajstić information content (AvgIpc) is 3.24. The average molecular weight is 321 g/mol. The molecule has 0 bridgehead atoms. The molecule has 2 aromatic heterocycles. The van der Waals surface area contributed by atoms with Crippen LogP contribution in [0.3, 0.4) is 0 Å². The van der Waals surface area contributed by atoms with Crippen molar-refractivity contribution >= 4 is 23.0 Å². The van der Waals surface area contributed by atoms with E-state index in [9.17, 15) is 0 Å². The summed E-state index contributed by atoms with van der Waals surface area (Å²) in [6.45, 7) is 0. The van der Waals surface area contributed by atoms with Gasteiger partial charge in [-0.3, -0.25) is 4.98 Å². The number of hydrogen-bond donors (Lipinski definition) is 1. The number of pyridine rings is 1. The van der Waals surface area contributed by atoms with Gasteiger partial charge in [0, 0.05) is 11.9 Å². The topological polar surface area (TPSA) is 41.3 Å². The van der Waals surface area contributed by atoms with E-state index in [-0.39, 0.29) is 12.1 Å². The summed E-state index contributed by atoms with van der Waals surface area (Å²) in [5.74, 6) is 0.858. The second-order valence-corrected chi connectivity index (χ2v) is 5.73. The van der Waals surface area contributed by atoms with Crippen molar-refractivity contribution in [1.82, 2.24) is 10.3 Å². The summed E-state index contributed by atoms with van der Waals surface area (Å²) in [7, 11) is 0. The molecule has 3 aromatic rings. The Kier molecular flexibility index (Phi) is 3.55. The van der Waals surface area contributed by atoms with Crippen molar-refractivity contribution in [2.45, 2.75) is 12.1 Å². The molecule has 114 valence electrons. The monoisotopic (exact) mass is 321 g/mol. The third-order valence-corrected chi connectivity index (χ3v) is 4.28. The van der Waals surface area contributed by atoms with Gasteiger partial charge in [-0.2, -0.15) is 0 Å². The van der Waals surface area contributed by atoms with Crippen molar-refractivity contribution in [3.05, 3.63) is 84.6 Å². The number of anilines is 1. The zero-order valence-corrected chi connectivity index (χ0v) is 13.1. The lowest BCUT2D eigenvalue weighted by Crippen LogP contribution is -2.29. The van der Waals surface area contributed by atoms with Gasteiger partial charge in [-0.15, -0.1) is 0 Å². The molecule has 1 aromatic carbocycles. The van der Waals surface area contributed by atoms with Gasteiger partial charge in [0.2, 0.25) is 0 Å². The number of nitrogens with one attached hydrogen (secondary N) is 1. The molecular weight excluding hydrogens is 306 g/mol. The molecule has 1 N–H and O–H groups in total. The number of nitrogens with zero attached hydrogens (tertiary/aromatic N) is 2. The molecule has 1 aliphatic heterocycles. The van der Waals surface area contributed by atoms with E-state index in [4.69, 9.17) is 16.6 Å². The second kappa shape index (κ2) is 5.85. The number of benzene rings is 1. The van der Waals surface area contributed by atoms with Crippen LogP contribution in [0.15, 0.2) is 77.5 Å². The van der Waals surface area contributed by atoms with Crippen LogP contribution < -0.4 is 10.2 Å². The van der Waals surface area contributed by atoms with Gasteiger partial charge in [-0.05, 0) is 48.6 Å². The lowest BCUT2D eigenvalue weighted by Gasteiger charge is -2.25. The Hall–Kier alpha value is -2.66. The predicted molar refractivity (Wildman–Crippen MR) is 93.1 cm³/mol. The number of rotatable bonds is 3. The summed E-state index contributed by atoms with van der Waals surface area (Å²) >= 11 is 5.60. The summed E-state index contributed by atoms with van der Waals surface area (Å²) < 4.78 is 5.70. The molecule has 0 aliphatic carbocycles. The maximum atomic E-state index is 5.70. The van der Waals surface area contributed by atoms with Gasteiger partial charge >= 0.3 is 0 Å². The molecule has 23 heavy (non-hydrogen) atoms. The van der Waals surface area contributed by atoms with E-state index in [1.165, 1.54) is 0 Å². The molecule has 0 amide bonds. The maximum absolute atomic E-state index is 5.70. The fourth-order valence-corrected chi connectivity index (χ4v) is 3.32. The maximum Gasteiger partial charge on any atom is 0.174 e. The molecule has 1 saturated heterocycles. The standard InChI is InChI=1S/C18H15N3OS/c23-18-20-16(14-9-4-5-11-19-14)17(15-10-6-12-22-15)21(18)13-7-2-1-3-8-13/h1-12,16-17H,(H,20,23)/t16-,17+/m1/s1. The fourth-order valence-electron chi connectivity index (χ4n) is 2.97. The molecule has 2 atom stereocenters. The van der Waals surface area contributed by atoms with Gasteiger partial charge in [-0.25, -0.2) is 0 Å². The van der Waals surface area contributed by atoms with Crippen molar-refractivity contribution in [2.24, 2.45) is 0 Å². The quantitative estimate of drug-likeness (QED) is 0.742. The minimum absolute atomic E-state index is 0.0601. The van der Waals surface area contributed by atoms with Crippen LogP contribution >= 0.6 is 12.2 Å². The zero-order chi connectivity index (χ0) is 15.6. The third-order valence-electron chi connectivity index (χ3n) is 3.97. The number of thiocarbonyl (C=S) groups is 1. The van der Waals surface area contributed by atoms with Crippen LogP contribution in [0.5, 0.6) is 0 Å². The zero-order valence-electron chi connectivity index (χ0n) is 12.3. The highest BCUT2D eigenvalue weighted by Crippen LogP contribution is 2.41. The van der Waals surface area contributed by atoms with Crippen molar-refractivity contribution in [2.75, 3.05) is 4.90 Å². The Bertz CT molecular complexity index is 790. The van der Waals surface area contributed by atoms with E-state index in [0.29, 0.717) is 5.11 Å². The van der Waals surface area contributed by atoms with Gasteiger partial charge in [0.05, 0.1) is 18.0 Å². The Morgan fingerprint density at radius 2 is 1.83 bits per heavy atom. The van der Waals surface area contributed by atoms with Crippen LogP contribution in [0.4, 0.5) is 5.69 Å². The van der Waals surface area contributed by atoms with E-state index >= 15 is 0 Å². The summed E-state index contributed by atoms with van der Waals surface area (Å²) in [6, 6.07) is 19.7. The van der Waals surface area contributed by atoms with Gasteiger partial charge in [0.25, 0.3) is 0 Å². The van der Waals surface area contributed by atoms with Crippen LogP contribution in [0.25, 0.3) is 0 Å². The van der Waals surface area contributed by atoms with Crippen LogP contribution in [-0.4, -0.2) is 10.1 Å². The minimum Gasteiger partial charge on any atom is -0.467 e. The van der Waals surface area contributed by atoms with E-state index in [1.54, 1.807) is 12.5 Å². The number of furan rings is 1. The van der Waals surface area contributed by atoms with E-state index in [2.05, 4.69) is 15.2 Å². The third kappa shape index (κ3) is 2.49. The predicted octanol–water partition coefficient (Wildman–Crippen LogP) is 3.85. The summed E-state index contributed by atoms with van der Waals surface area (Å²) in [6.07, 6.45) is 3.49. The highest BCUT2D eigenvalue weighted by atomic mass is 32.1. The molecule has 1 fully saturated rings. The largest absolute Gasteiger partial charge is 0.467 e. The molecule has 0 unspecified atom stereocenters. The molecule has 0 spiro atoms. The van der Waals surface area contributed by atoms with Crippen LogP contribution in [0.2, 0.25) is 0 Å². The number of para-hydroxylation sites is 1. The lowest BCUT2D eigenvalue weighted by atomic mass is 10.0. The highest BCUT2D eigenvalue weighted by molar-refractivity contribution is 7.80. The summed E-state index contributed by atoms with van der Waals surface area (Å²) in [5.41, 5.74) is 1.97. The lowest BCUT2D eigenvalue weighted by molar-refractivity contribution is 0.432. The Labute approximate surface area is 139 Å². The number of hydrogen-bond acceptors (Lipinski definition) is 3. The first kappa shape index (κ1) is 14.0. The first-order valence-electron chi connectivity index (χ1n) is 7.44. The van der Waals surface area contributed by atoms with E-state index < -0.39 is 0 Å². The van der Waals surface area contributed by atoms with Gasteiger partial charge < -0.3 is 14.6 Å². The first-order valence-corrected chi connectivity index (χ1v) is 7.84. The fraction of sp³-hybridized carbons (Fsp3) is 0.111. The van der Waals surface area contributed by atoms with Crippen LogP contribution in [-0.2, 0) is 0 Å². The van der Waals surface area contributed by atoms with Crippen LogP contribution in [0, 0.1) is 0 Å². The normalized spacial score (nSPS) is 20.5. The highest BCUT2D eigenvalue weighted by Gasteiger charge is 2.42. The molecule has 4 rings (SSSR count). The van der Waals surface area contributed by atoms with Crippen molar-refractivity contribution in [3.8, 4) is 0 Å². The number of aromatic nitrogens is 1. The molecule has 4 nitrogen and oxygen atoms in total. The summed E-state index contributed by atoms with van der Waals surface area (Å²) in [4.78, 5) is 6.58. The molecule has 0 saturated carbocycles. The molecule has 5 heteroatoms. The Balaban J connectivity index is 1.81. The van der Waals surface area contributed by atoms with E-state index in [1.807, 2.05) is 60.7 Å². The SMILES string of the molecule is S=C1N[C@H](c2ccccn2)[C@H](c2ccco2)N1c1ccccc1. The van der Waals surface area contributed by atoms with Crippen molar-refractivity contribution in [1.29, 1.82) is 0 Å². The molecule has 0 radical (unpaired) electrons. The van der Waals surface area contributed by atoms with Gasteiger partial charge in [0.15, 0.2) is 5.11 Å². The van der Waals surface area contributed by atoms with Crippen molar-refractivity contribution in [3.63, 3.8) is 0 Å². The van der Waals surface area contributed by atoms with Gasteiger partial charge in [0.1, 0.15) is 11.8 Å². The Morgan fingerprint density at radius 3 is 2.52 bits per heavy atom. The minimum atomic E-state index is -0.0743. The molecule has 1 aliphatic rings. The first-order chi connectivity index (χ1) is 11.3. The van der Waals surface area contributed by atoms with Gasteiger partial charge in [-0.1, -0.05) is 24.3 Å². The molecular formula is C18H15N3OS. The molecule has 3 heterocycles. The Morgan fingerprint density at radius 1 is 1.00 bits per heavy atom. The van der Waals surface area contributed by atoms with E-state index in [0.717, 1.165) is 17.1 Å². The second-order valence-electron chi connectivity index (χ2n) is 5.35. The van der Waals surface area contributed by atoms with Crippen LogP contribution in [0.1, 0.15) is 23.5 Å². The summed E-state index contributed by atoms with van der Waals surface area (Å²) in [5, 5.41) is 4.07.